The summed E-state index contributed by atoms with van der Waals surface area (Å²) in [5.74, 6) is 0. The van der Waals surface area contributed by atoms with Crippen LogP contribution < -0.4 is 0 Å². The van der Waals surface area contributed by atoms with E-state index >= 15 is 0 Å². The van der Waals surface area contributed by atoms with E-state index in [1.807, 2.05) is 22.7 Å². The third-order valence-electron chi connectivity index (χ3n) is 10.9. The molecule has 0 amide bonds. The van der Waals surface area contributed by atoms with Crippen molar-refractivity contribution >= 4 is 107 Å². The highest BCUT2D eigenvalue weighted by Gasteiger charge is 2.18. The van der Waals surface area contributed by atoms with Crippen molar-refractivity contribution in [1.29, 1.82) is 0 Å². The van der Waals surface area contributed by atoms with Crippen LogP contribution in [-0.2, 0) is 0 Å². The number of nitrogens with zero attached hydrogens (tertiary/aromatic N) is 2. The average Bonchev–Trinajstić information content (AvgIpc) is 3.95. The summed E-state index contributed by atoms with van der Waals surface area (Å²) in [7, 11) is 0. The smallest absolute Gasteiger partial charge is 0.0640 e. The van der Waals surface area contributed by atoms with Gasteiger partial charge in [-0.05, 0) is 83.9 Å². The van der Waals surface area contributed by atoms with Crippen molar-refractivity contribution in [3.05, 3.63) is 170 Å². The monoisotopic (exact) mass is 696 g/mol. The third-order valence-corrected chi connectivity index (χ3v) is 13.3. The Bertz CT molecular complexity index is 3300. The molecule has 0 aliphatic rings. The van der Waals surface area contributed by atoms with E-state index < -0.39 is 0 Å². The van der Waals surface area contributed by atoms with Gasteiger partial charge < -0.3 is 9.13 Å². The first kappa shape index (κ1) is 28.5. The molecule has 0 aliphatic heterocycles. The molecule has 0 bridgehead atoms. The fourth-order valence-corrected chi connectivity index (χ4v) is 10.9. The van der Waals surface area contributed by atoms with Gasteiger partial charge in [0, 0.05) is 62.9 Å². The molecule has 0 spiro atoms. The number of fused-ring (bicyclic) bond motifs is 12. The number of rotatable bonds is 3. The number of thiophene rings is 2. The van der Waals surface area contributed by atoms with E-state index in [-0.39, 0.29) is 0 Å². The first-order chi connectivity index (χ1) is 25.8. The highest BCUT2D eigenvalue weighted by molar-refractivity contribution is 7.26. The lowest BCUT2D eigenvalue weighted by atomic mass is 10.0. The van der Waals surface area contributed by atoms with Crippen molar-refractivity contribution < 1.29 is 0 Å². The average molecular weight is 697 g/mol. The molecule has 0 unspecified atom stereocenters. The molecule has 12 aromatic rings. The Kier molecular flexibility index (Phi) is 5.84. The summed E-state index contributed by atoms with van der Waals surface area (Å²) in [5, 5.41) is 10.4. The van der Waals surface area contributed by atoms with Gasteiger partial charge in [-0.15, -0.1) is 22.7 Å². The van der Waals surface area contributed by atoms with Gasteiger partial charge in [-0.25, -0.2) is 0 Å². The maximum Gasteiger partial charge on any atom is 0.0640 e. The van der Waals surface area contributed by atoms with E-state index in [4.69, 9.17) is 0 Å². The quantitative estimate of drug-likeness (QED) is 0.174. The van der Waals surface area contributed by atoms with E-state index in [2.05, 4.69) is 179 Å². The molecule has 0 fully saturated rings. The van der Waals surface area contributed by atoms with Crippen LogP contribution in [0.15, 0.2) is 170 Å². The minimum atomic E-state index is 1.19. The maximum absolute atomic E-state index is 2.45. The molecule has 0 saturated heterocycles. The summed E-state index contributed by atoms with van der Waals surface area (Å²) in [6.45, 7) is 0. The summed E-state index contributed by atoms with van der Waals surface area (Å²) >= 11 is 3.77. The summed E-state index contributed by atoms with van der Waals surface area (Å²) in [6.07, 6.45) is 0. The van der Waals surface area contributed by atoms with Crippen LogP contribution in [-0.4, -0.2) is 9.13 Å². The number of para-hydroxylation sites is 4. The summed E-state index contributed by atoms with van der Waals surface area (Å²) in [6, 6.07) is 62.8. The lowest BCUT2D eigenvalue weighted by Crippen LogP contribution is -1.93. The van der Waals surface area contributed by atoms with Crippen molar-refractivity contribution in [3.8, 4) is 22.5 Å². The molecule has 12 rings (SSSR count). The topological polar surface area (TPSA) is 9.86 Å². The Hall–Kier alpha value is -6.20. The van der Waals surface area contributed by atoms with Crippen molar-refractivity contribution in [2.24, 2.45) is 0 Å². The van der Waals surface area contributed by atoms with Crippen LogP contribution in [0.25, 0.3) is 106 Å². The van der Waals surface area contributed by atoms with Crippen molar-refractivity contribution in [2.45, 2.75) is 0 Å². The van der Waals surface area contributed by atoms with E-state index in [1.54, 1.807) is 0 Å². The molecule has 0 saturated carbocycles. The van der Waals surface area contributed by atoms with Gasteiger partial charge in [0.15, 0.2) is 0 Å². The van der Waals surface area contributed by atoms with Gasteiger partial charge in [0.05, 0.1) is 32.5 Å². The van der Waals surface area contributed by atoms with Gasteiger partial charge in [0.1, 0.15) is 0 Å². The molecule has 4 aromatic heterocycles. The summed E-state index contributed by atoms with van der Waals surface area (Å²) in [5.41, 5.74) is 9.88. The van der Waals surface area contributed by atoms with Crippen LogP contribution in [0, 0.1) is 0 Å². The first-order valence-electron chi connectivity index (χ1n) is 17.7. The Morgan fingerprint density at radius 1 is 0.308 bits per heavy atom. The third kappa shape index (κ3) is 3.93. The van der Waals surface area contributed by atoms with Crippen LogP contribution in [0.5, 0.6) is 0 Å². The predicted octanol–water partition coefficient (Wildman–Crippen LogP) is 14.3. The molecule has 242 valence electrons. The molecule has 0 atom stereocenters. The minimum absolute atomic E-state index is 1.19. The van der Waals surface area contributed by atoms with Gasteiger partial charge in [-0.1, -0.05) is 97.1 Å². The molecule has 0 radical (unpaired) electrons. The summed E-state index contributed by atoms with van der Waals surface area (Å²) in [4.78, 5) is 0. The number of hydrogen-bond donors (Lipinski definition) is 0. The normalized spacial score (nSPS) is 12.2. The highest BCUT2D eigenvalue weighted by Crippen LogP contribution is 2.43. The Labute approximate surface area is 306 Å². The molecule has 4 heteroatoms. The van der Waals surface area contributed by atoms with E-state index in [0.29, 0.717) is 0 Å². The van der Waals surface area contributed by atoms with Gasteiger partial charge in [-0.3, -0.25) is 0 Å². The molecule has 0 N–H and O–H groups in total. The van der Waals surface area contributed by atoms with Crippen LogP contribution >= 0.6 is 22.7 Å². The van der Waals surface area contributed by atoms with Crippen molar-refractivity contribution in [2.75, 3.05) is 0 Å². The molecule has 0 aliphatic carbocycles. The number of aromatic nitrogens is 2. The van der Waals surface area contributed by atoms with Gasteiger partial charge in [-0.2, -0.15) is 0 Å². The lowest BCUT2D eigenvalue weighted by molar-refractivity contribution is 1.19. The van der Waals surface area contributed by atoms with Gasteiger partial charge in [0.25, 0.3) is 0 Å². The van der Waals surface area contributed by atoms with Crippen LogP contribution in [0.3, 0.4) is 0 Å². The molecule has 4 heterocycles. The van der Waals surface area contributed by atoms with Gasteiger partial charge in [0.2, 0.25) is 0 Å². The Balaban J connectivity index is 1.02. The second kappa shape index (κ2) is 10.7. The second-order valence-electron chi connectivity index (χ2n) is 13.7. The first-order valence-corrected chi connectivity index (χ1v) is 19.3. The second-order valence-corrected chi connectivity index (χ2v) is 15.8. The maximum atomic E-state index is 2.45. The zero-order chi connectivity index (χ0) is 33.9. The summed E-state index contributed by atoms with van der Waals surface area (Å²) < 4.78 is 10.1. The SMILES string of the molecule is c1cc(-n2c3ccccc3c3ccccc32)c2sc3ccc(-c4ccc5sc6ccc(-n7c8ccccc8c8ccccc87)cc6c5c4)cc3c2c1. The number of hydrogen-bond acceptors (Lipinski definition) is 2. The van der Waals surface area contributed by atoms with E-state index in [0.717, 1.165) is 0 Å². The molecule has 52 heavy (non-hydrogen) atoms. The van der Waals surface area contributed by atoms with E-state index in [1.165, 1.54) is 106 Å². The Morgan fingerprint density at radius 3 is 1.33 bits per heavy atom. The fourth-order valence-electron chi connectivity index (χ4n) is 8.61. The predicted molar refractivity (Wildman–Crippen MR) is 226 cm³/mol. The van der Waals surface area contributed by atoms with E-state index in [9.17, 15) is 0 Å². The zero-order valence-corrected chi connectivity index (χ0v) is 29.5. The lowest BCUT2D eigenvalue weighted by Gasteiger charge is -2.09. The van der Waals surface area contributed by atoms with Crippen LogP contribution in [0.2, 0.25) is 0 Å². The highest BCUT2D eigenvalue weighted by atomic mass is 32.1. The molecular weight excluding hydrogens is 669 g/mol. The molecule has 2 nitrogen and oxygen atoms in total. The molecule has 8 aromatic carbocycles. The minimum Gasteiger partial charge on any atom is -0.309 e. The van der Waals surface area contributed by atoms with Crippen LogP contribution in [0.1, 0.15) is 0 Å². The van der Waals surface area contributed by atoms with Gasteiger partial charge >= 0.3 is 0 Å². The Morgan fingerprint density at radius 2 is 0.750 bits per heavy atom. The fraction of sp³-hybridized carbons (Fsp3) is 0. The largest absolute Gasteiger partial charge is 0.309 e. The van der Waals surface area contributed by atoms with Crippen molar-refractivity contribution in [1.82, 2.24) is 9.13 Å². The van der Waals surface area contributed by atoms with Crippen LogP contribution in [0.4, 0.5) is 0 Å². The number of benzene rings is 8. The van der Waals surface area contributed by atoms with Crippen molar-refractivity contribution in [3.63, 3.8) is 0 Å². The zero-order valence-electron chi connectivity index (χ0n) is 27.9. The molecular formula is C48H28N2S2. The standard InChI is InChI=1S/C48H28N2S2/c1-5-15-40-32(10-1)33-11-2-6-16-41(33)49(40)31-22-25-46-39(28-31)38-27-30(20-23-45(38)51-46)29-21-24-47-37(26-29)36-14-9-19-44(48(36)52-47)50-42-17-7-3-12-34(42)35-13-4-8-18-43(35)50/h1-28H.